The van der Waals surface area contributed by atoms with Gasteiger partial charge in [-0.3, -0.25) is 14.4 Å². The van der Waals surface area contributed by atoms with Gasteiger partial charge in [0.15, 0.2) is 0 Å². The van der Waals surface area contributed by atoms with Gasteiger partial charge in [-0.15, -0.1) is 0 Å². The van der Waals surface area contributed by atoms with Crippen molar-refractivity contribution in [1.82, 2.24) is 9.80 Å². The molecular weight excluding hydrogens is 506 g/mol. The summed E-state index contributed by atoms with van der Waals surface area (Å²) in [5, 5.41) is 0. The summed E-state index contributed by atoms with van der Waals surface area (Å²) in [5.74, 6) is -3.76. The molecule has 1 aliphatic heterocycles. The van der Waals surface area contributed by atoms with Crippen LogP contribution in [0.25, 0.3) is 5.57 Å². The summed E-state index contributed by atoms with van der Waals surface area (Å²) in [5.41, 5.74) is 1.01. The summed E-state index contributed by atoms with van der Waals surface area (Å²) in [6.45, 7) is 6.70. The van der Waals surface area contributed by atoms with Gasteiger partial charge in [0.05, 0.1) is 13.2 Å². The van der Waals surface area contributed by atoms with Gasteiger partial charge >= 0.3 is 5.97 Å². The highest BCUT2D eigenvalue weighted by Crippen LogP contribution is 2.30. The Morgan fingerprint density at radius 2 is 1.64 bits per heavy atom. The molecule has 1 fully saturated rings. The number of carbonyl (C=O) groups is 3. The molecule has 0 bridgehead atoms. The van der Waals surface area contributed by atoms with Crippen LogP contribution in [0.2, 0.25) is 0 Å². The normalized spacial score (nSPS) is 15.8. The molecule has 2 aromatic carbocycles. The highest BCUT2D eigenvalue weighted by atomic mass is 19.1. The second-order valence-electron chi connectivity index (χ2n) is 10.4. The molecule has 1 saturated heterocycles. The van der Waals surface area contributed by atoms with Crippen LogP contribution in [0.15, 0.2) is 60.3 Å². The van der Waals surface area contributed by atoms with Crippen LogP contribution in [0.5, 0.6) is 0 Å². The van der Waals surface area contributed by atoms with E-state index in [0.717, 1.165) is 28.2 Å². The van der Waals surface area contributed by atoms with Crippen molar-refractivity contribution in [2.75, 3.05) is 32.8 Å². The Morgan fingerprint density at radius 1 is 1.00 bits per heavy atom. The number of hydrogen-bond acceptors (Lipinski definition) is 5. The summed E-state index contributed by atoms with van der Waals surface area (Å²) in [6, 6.07) is 10.3. The van der Waals surface area contributed by atoms with Crippen molar-refractivity contribution in [2.24, 2.45) is 0 Å². The van der Waals surface area contributed by atoms with E-state index >= 15 is 0 Å². The van der Waals surface area contributed by atoms with Gasteiger partial charge < -0.3 is 19.3 Å². The second kappa shape index (κ2) is 11.9. The van der Waals surface area contributed by atoms with E-state index in [0.29, 0.717) is 50.4 Å². The Morgan fingerprint density at radius 3 is 2.26 bits per heavy atom. The number of halogens is 2. The van der Waals surface area contributed by atoms with Crippen molar-refractivity contribution in [3.05, 3.63) is 88.6 Å². The summed E-state index contributed by atoms with van der Waals surface area (Å²) in [4.78, 5) is 41.8. The van der Waals surface area contributed by atoms with Crippen LogP contribution < -0.4 is 0 Å². The van der Waals surface area contributed by atoms with Crippen LogP contribution in [0.3, 0.4) is 0 Å². The third kappa shape index (κ3) is 6.97. The molecule has 9 heteroatoms. The molecule has 2 aromatic rings. The number of rotatable bonds is 6. The van der Waals surface area contributed by atoms with Crippen LogP contribution in [0.1, 0.15) is 59.9 Å². The van der Waals surface area contributed by atoms with E-state index in [-0.39, 0.29) is 5.91 Å². The van der Waals surface area contributed by atoms with Gasteiger partial charge in [0.2, 0.25) is 0 Å². The minimum atomic E-state index is -1.01. The van der Waals surface area contributed by atoms with Crippen molar-refractivity contribution < 1.29 is 32.6 Å². The molecule has 0 radical (unpaired) electrons. The molecule has 0 N–H and O–H groups in total. The molecule has 206 valence electrons. The molecule has 0 aromatic heterocycles. The third-order valence-corrected chi connectivity index (χ3v) is 6.33. The van der Waals surface area contributed by atoms with Gasteiger partial charge in [0.1, 0.15) is 29.3 Å². The van der Waals surface area contributed by atoms with E-state index in [4.69, 9.17) is 9.47 Å². The van der Waals surface area contributed by atoms with Crippen LogP contribution in [0.4, 0.5) is 8.78 Å². The second-order valence-corrected chi connectivity index (χ2v) is 10.4. The summed E-state index contributed by atoms with van der Waals surface area (Å²) < 4.78 is 39.8. The minimum Gasteiger partial charge on any atom is -0.459 e. The van der Waals surface area contributed by atoms with Crippen molar-refractivity contribution in [3.8, 4) is 0 Å². The quantitative estimate of drug-likeness (QED) is 0.485. The summed E-state index contributed by atoms with van der Waals surface area (Å²) >= 11 is 0. The van der Waals surface area contributed by atoms with Gasteiger partial charge in [-0.25, -0.2) is 8.78 Å². The molecular formula is C30H32F2N2O5. The molecule has 0 unspecified atom stereocenters. The Hall–Kier alpha value is -3.85. The topological polar surface area (TPSA) is 76.2 Å². The smallest absolute Gasteiger partial charge is 0.326 e. The summed E-state index contributed by atoms with van der Waals surface area (Å²) in [7, 11) is 0. The summed E-state index contributed by atoms with van der Waals surface area (Å²) in [6.07, 6.45) is 4.61. The standard InChI is InChI=1S/C30H32F2N2O5/c1-30(2,3)39-26(35)19-34(29(37)27-24(31)8-5-9-25(27)32)23-7-4-6-22(18-23)20-10-12-21(13-11-20)28(36)33-14-16-38-17-15-33/h5-6,8-13,18H,4,7,14-17,19H2,1-3H3. The average Bonchev–Trinajstić information content (AvgIpc) is 2.91. The molecule has 2 aliphatic rings. The number of benzene rings is 2. The Kier molecular flexibility index (Phi) is 8.60. The number of nitrogens with zero attached hydrogens (tertiary/aromatic N) is 2. The van der Waals surface area contributed by atoms with Gasteiger partial charge in [-0.1, -0.05) is 24.3 Å². The predicted octanol–water partition coefficient (Wildman–Crippen LogP) is 4.98. The van der Waals surface area contributed by atoms with Gasteiger partial charge in [0.25, 0.3) is 11.8 Å². The first-order valence-electron chi connectivity index (χ1n) is 12.9. The van der Waals surface area contributed by atoms with E-state index in [1.165, 1.54) is 6.07 Å². The molecule has 39 heavy (non-hydrogen) atoms. The lowest BCUT2D eigenvalue weighted by Gasteiger charge is -2.29. The maximum atomic E-state index is 14.5. The molecule has 0 atom stereocenters. The first-order chi connectivity index (χ1) is 18.5. The van der Waals surface area contributed by atoms with Gasteiger partial charge in [-0.2, -0.15) is 0 Å². The third-order valence-electron chi connectivity index (χ3n) is 6.33. The average molecular weight is 539 g/mol. The van der Waals surface area contributed by atoms with Crippen LogP contribution in [-0.4, -0.2) is 66.0 Å². The number of carbonyl (C=O) groups excluding carboxylic acids is 3. The highest BCUT2D eigenvalue weighted by Gasteiger charge is 2.30. The number of allylic oxidation sites excluding steroid dienone is 4. The van der Waals surface area contributed by atoms with Crippen LogP contribution in [0, 0.1) is 11.6 Å². The monoisotopic (exact) mass is 538 g/mol. The molecule has 4 rings (SSSR count). The SMILES string of the molecule is CC(C)(C)OC(=O)CN(C(=O)c1c(F)cccc1F)C1=CC(c2ccc(C(=O)N3CCOCC3)cc2)=CCC1. The number of morpholine rings is 1. The van der Waals surface area contributed by atoms with E-state index in [9.17, 15) is 23.2 Å². The fourth-order valence-electron chi connectivity index (χ4n) is 4.50. The number of ether oxygens (including phenoxy) is 2. The molecule has 2 amide bonds. The predicted molar refractivity (Wildman–Crippen MR) is 142 cm³/mol. The van der Waals surface area contributed by atoms with Crippen LogP contribution in [-0.2, 0) is 14.3 Å². The van der Waals surface area contributed by atoms with E-state index in [1.54, 1.807) is 43.9 Å². The number of hydrogen-bond donors (Lipinski definition) is 0. The zero-order chi connectivity index (χ0) is 28.2. The molecule has 1 heterocycles. The van der Waals surface area contributed by atoms with E-state index < -0.39 is 41.2 Å². The molecule has 1 aliphatic carbocycles. The maximum Gasteiger partial charge on any atom is 0.326 e. The first-order valence-corrected chi connectivity index (χ1v) is 12.9. The molecule has 7 nitrogen and oxygen atoms in total. The zero-order valence-electron chi connectivity index (χ0n) is 22.3. The van der Waals surface area contributed by atoms with Gasteiger partial charge in [-0.05, 0) is 75.1 Å². The Bertz CT molecular complexity index is 1290. The fraction of sp³-hybridized carbons (Fsp3) is 0.367. The Balaban J connectivity index is 1.61. The van der Waals surface area contributed by atoms with Gasteiger partial charge in [0, 0.05) is 24.4 Å². The van der Waals surface area contributed by atoms with E-state index in [1.807, 2.05) is 18.2 Å². The van der Waals surface area contributed by atoms with Crippen LogP contribution >= 0.6 is 0 Å². The van der Waals surface area contributed by atoms with Crippen molar-refractivity contribution in [1.29, 1.82) is 0 Å². The Labute approximate surface area is 226 Å². The highest BCUT2D eigenvalue weighted by molar-refractivity contribution is 5.98. The minimum absolute atomic E-state index is 0.0697. The fourth-order valence-corrected chi connectivity index (χ4v) is 4.50. The van der Waals surface area contributed by atoms with Crippen molar-refractivity contribution >= 4 is 23.4 Å². The largest absolute Gasteiger partial charge is 0.459 e. The number of esters is 1. The van der Waals surface area contributed by atoms with Crippen molar-refractivity contribution in [3.63, 3.8) is 0 Å². The molecule has 0 saturated carbocycles. The lowest BCUT2D eigenvalue weighted by atomic mass is 9.95. The number of amides is 2. The molecule has 0 spiro atoms. The lowest BCUT2D eigenvalue weighted by Crippen LogP contribution is -2.40. The maximum absolute atomic E-state index is 14.5. The van der Waals surface area contributed by atoms with E-state index in [2.05, 4.69) is 0 Å². The zero-order valence-corrected chi connectivity index (χ0v) is 22.3. The lowest BCUT2D eigenvalue weighted by molar-refractivity contribution is -0.155. The van der Waals surface area contributed by atoms with Crippen molar-refractivity contribution in [2.45, 2.75) is 39.2 Å². The first kappa shape index (κ1) is 28.2.